The first-order valence-electron chi connectivity index (χ1n) is 7.83. The van der Waals surface area contributed by atoms with E-state index in [1.54, 1.807) is 0 Å². The van der Waals surface area contributed by atoms with E-state index in [1.165, 1.54) is 11.8 Å². The average Bonchev–Trinajstić information content (AvgIpc) is 2.78. The summed E-state index contributed by atoms with van der Waals surface area (Å²) in [6.07, 6.45) is 1.12. The van der Waals surface area contributed by atoms with Crippen molar-refractivity contribution in [3.63, 3.8) is 0 Å². The Morgan fingerprint density at radius 1 is 1.43 bits per heavy atom. The second-order valence-corrected chi connectivity index (χ2v) is 7.28. The lowest BCUT2D eigenvalue weighted by Gasteiger charge is -2.08. The highest BCUT2D eigenvalue weighted by atomic mass is 32.2. The zero-order valence-electron chi connectivity index (χ0n) is 13.8. The SMILES string of the molecule is Cc1cccc(N=C2NC(=O)[C@H](CC(=O)NCCC(C)C)S2)c1. The Kier molecular flexibility index (Phi) is 6.21. The number of hydrogen-bond acceptors (Lipinski definition) is 4. The number of aryl methyl sites for hydroxylation is 1. The summed E-state index contributed by atoms with van der Waals surface area (Å²) in [5, 5.41) is 5.76. The van der Waals surface area contributed by atoms with Gasteiger partial charge in [0.1, 0.15) is 5.25 Å². The molecule has 1 aliphatic heterocycles. The molecule has 23 heavy (non-hydrogen) atoms. The fraction of sp³-hybridized carbons (Fsp3) is 0.471. The van der Waals surface area contributed by atoms with Gasteiger partial charge in [0.15, 0.2) is 5.17 Å². The summed E-state index contributed by atoms with van der Waals surface area (Å²) >= 11 is 1.32. The van der Waals surface area contributed by atoms with Gasteiger partial charge in [0.05, 0.1) is 5.69 Å². The van der Waals surface area contributed by atoms with Crippen molar-refractivity contribution in [1.82, 2.24) is 10.6 Å². The Labute approximate surface area is 141 Å². The molecule has 1 aromatic rings. The Balaban J connectivity index is 1.88. The standard InChI is InChI=1S/C17H23N3O2S/c1-11(2)7-8-18-15(21)10-14-16(22)20-17(23-14)19-13-6-4-5-12(3)9-13/h4-6,9,11,14H,7-8,10H2,1-3H3,(H,18,21)(H,19,20,22)/t14-/m0/s1. The van der Waals surface area contributed by atoms with Crippen LogP contribution in [-0.2, 0) is 9.59 Å². The van der Waals surface area contributed by atoms with Crippen molar-refractivity contribution in [2.75, 3.05) is 6.54 Å². The molecule has 0 saturated carbocycles. The molecule has 0 aromatic heterocycles. The van der Waals surface area contributed by atoms with Crippen LogP contribution in [0.1, 0.15) is 32.3 Å². The van der Waals surface area contributed by atoms with Gasteiger partial charge >= 0.3 is 0 Å². The first-order chi connectivity index (χ1) is 10.9. The van der Waals surface area contributed by atoms with Crippen LogP contribution in [0, 0.1) is 12.8 Å². The third-order valence-corrected chi connectivity index (χ3v) is 4.51. The number of amides is 2. The number of nitrogens with zero attached hydrogens (tertiary/aromatic N) is 1. The molecular weight excluding hydrogens is 310 g/mol. The van der Waals surface area contributed by atoms with Crippen LogP contribution in [-0.4, -0.2) is 28.8 Å². The van der Waals surface area contributed by atoms with E-state index >= 15 is 0 Å². The predicted molar refractivity (Wildman–Crippen MR) is 94.9 cm³/mol. The summed E-state index contributed by atoms with van der Waals surface area (Å²) < 4.78 is 0. The van der Waals surface area contributed by atoms with Gasteiger partial charge in [-0.25, -0.2) is 4.99 Å². The van der Waals surface area contributed by atoms with E-state index in [1.807, 2.05) is 31.2 Å². The molecule has 124 valence electrons. The summed E-state index contributed by atoms with van der Waals surface area (Å²) in [4.78, 5) is 28.3. The molecule has 2 amide bonds. The molecule has 1 heterocycles. The van der Waals surface area contributed by atoms with E-state index in [0.29, 0.717) is 17.6 Å². The maximum absolute atomic E-state index is 12.0. The van der Waals surface area contributed by atoms with Crippen molar-refractivity contribution in [3.8, 4) is 0 Å². The van der Waals surface area contributed by atoms with Crippen LogP contribution in [0.4, 0.5) is 5.69 Å². The van der Waals surface area contributed by atoms with Gasteiger partial charge in [-0.2, -0.15) is 0 Å². The van der Waals surface area contributed by atoms with Gasteiger partial charge in [-0.1, -0.05) is 37.7 Å². The van der Waals surface area contributed by atoms with E-state index in [0.717, 1.165) is 17.7 Å². The number of carbonyl (C=O) groups excluding carboxylic acids is 2. The van der Waals surface area contributed by atoms with Crippen LogP contribution < -0.4 is 10.6 Å². The highest BCUT2D eigenvalue weighted by Crippen LogP contribution is 2.25. The number of rotatable bonds is 6. The van der Waals surface area contributed by atoms with Gasteiger partial charge in [0.2, 0.25) is 11.8 Å². The Morgan fingerprint density at radius 2 is 2.22 bits per heavy atom. The molecule has 1 aliphatic rings. The first-order valence-corrected chi connectivity index (χ1v) is 8.71. The van der Waals surface area contributed by atoms with Crippen molar-refractivity contribution >= 4 is 34.4 Å². The molecule has 6 heteroatoms. The number of carbonyl (C=O) groups is 2. The molecule has 2 rings (SSSR count). The zero-order chi connectivity index (χ0) is 16.8. The van der Waals surface area contributed by atoms with E-state index < -0.39 is 5.25 Å². The Bertz CT molecular complexity index is 614. The third-order valence-electron chi connectivity index (χ3n) is 3.42. The molecule has 0 unspecified atom stereocenters. The largest absolute Gasteiger partial charge is 0.356 e. The highest BCUT2D eigenvalue weighted by molar-refractivity contribution is 8.15. The fourth-order valence-corrected chi connectivity index (χ4v) is 3.14. The van der Waals surface area contributed by atoms with Crippen molar-refractivity contribution in [2.24, 2.45) is 10.9 Å². The summed E-state index contributed by atoms with van der Waals surface area (Å²) in [5.74, 6) is 0.308. The van der Waals surface area contributed by atoms with E-state index in [9.17, 15) is 9.59 Å². The molecule has 1 saturated heterocycles. The molecule has 0 aliphatic carbocycles. The average molecular weight is 333 g/mol. The quantitative estimate of drug-likeness (QED) is 0.841. The number of amidine groups is 1. The zero-order valence-corrected chi connectivity index (χ0v) is 14.6. The van der Waals surface area contributed by atoms with Crippen LogP contribution >= 0.6 is 11.8 Å². The van der Waals surface area contributed by atoms with E-state index in [2.05, 4.69) is 29.5 Å². The van der Waals surface area contributed by atoms with Gasteiger partial charge in [-0.3, -0.25) is 9.59 Å². The number of thioether (sulfide) groups is 1. The fourth-order valence-electron chi connectivity index (χ4n) is 2.15. The minimum Gasteiger partial charge on any atom is -0.356 e. The summed E-state index contributed by atoms with van der Waals surface area (Å²) in [7, 11) is 0. The lowest BCUT2D eigenvalue weighted by atomic mass is 10.1. The van der Waals surface area contributed by atoms with Crippen molar-refractivity contribution in [3.05, 3.63) is 29.8 Å². The maximum Gasteiger partial charge on any atom is 0.240 e. The monoisotopic (exact) mass is 333 g/mol. The Morgan fingerprint density at radius 3 is 2.91 bits per heavy atom. The second-order valence-electron chi connectivity index (χ2n) is 6.09. The van der Waals surface area contributed by atoms with Gasteiger partial charge < -0.3 is 10.6 Å². The van der Waals surface area contributed by atoms with Crippen LogP contribution in [0.25, 0.3) is 0 Å². The lowest BCUT2D eigenvalue weighted by Crippen LogP contribution is -2.32. The first kappa shape index (κ1) is 17.5. The number of hydrogen-bond donors (Lipinski definition) is 2. The molecule has 0 radical (unpaired) electrons. The van der Waals surface area contributed by atoms with Gasteiger partial charge in [0.25, 0.3) is 0 Å². The van der Waals surface area contributed by atoms with E-state index in [4.69, 9.17) is 0 Å². The number of nitrogens with one attached hydrogen (secondary N) is 2. The molecule has 1 aromatic carbocycles. The van der Waals surface area contributed by atoms with Gasteiger partial charge in [-0.05, 0) is 37.0 Å². The van der Waals surface area contributed by atoms with Crippen LogP contribution in [0.2, 0.25) is 0 Å². The Hall–Kier alpha value is -1.82. The van der Waals surface area contributed by atoms with Crippen LogP contribution in [0.15, 0.2) is 29.3 Å². The van der Waals surface area contributed by atoms with Crippen molar-refractivity contribution in [2.45, 2.75) is 38.9 Å². The third kappa shape index (κ3) is 5.71. The topological polar surface area (TPSA) is 70.6 Å². The van der Waals surface area contributed by atoms with Crippen LogP contribution in [0.5, 0.6) is 0 Å². The minimum absolute atomic E-state index is 0.0879. The normalized spacial score (nSPS) is 19.2. The van der Waals surface area contributed by atoms with E-state index in [-0.39, 0.29) is 18.2 Å². The van der Waals surface area contributed by atoms with Gasteiger partial charge in [-0.15, -0.1) is 0 Å². The minimum atomic E-state index is -0.405. The molecule has 0 spiro atoms. The summed E-state index contributed by atoms with van der Waals surface area (Å²) in [6.45, 7) is 6.87. The maximum atomic E-state index is 12.0. The van der Waals surface area contributed by atoms with Crippen molar-refractivity contribution < 1.29 is 9.59 Å². The molecular formula is C17H23N3O2S. The molecule has 1 fully saturated rings. The molecule has 2 N–H and O–H groups in total. The number of aliphatic imine (C=N–C) groups is 1. The smallest absolute Gasteiger partial charge is 0.240 e. The van der Waals surface area contributed by atoms with Crippen molar-refractivity contribution in [1.29, 1.82) is 0 Å². The molecule has 1 atom stereocenters. The molecule has 0 bridgehead atoms. The van der Waals surface area contributed by atoms with Crippen LogP contribution in [0.3, 0.4) is 0 Å². The number of benzene rings is 1. The highest BCUT2D eigenvalue weighted by Gasteiger charge is 2.31. The summed E-state index contributed by atoms with van der Waals surface area (Å²) in [6, 6.07) is 7.76. The lowest BCUT2D eigenvalue weighted by molar-refractivity contribution is -0.125. The summed E-state index contributed by atoms with van der Waals surface area (Å²) in [5.41, 5.74) is 1.91. The molecule has 5 nitrogen and oxygen atoms in total. The second kappa shape index (κ2) is 8.15. The predicted octanol–water partition coefficient (Wildman–Crippen LogP) is 2.77. The van der Waals surface area contributed by atoms with Gasteiger partial charge in [0, 0.05) is 13.0 Å².